The van der Waals surface area contributed by atoms with Crippen LogP contribution in [-0.4, -0.2) is 29.6 Å². The molecule has 0 amide bonds. The number of hydrogen-bond donors (Lipinski definition) is 0. The van der Waals surface area contributed by atoms with E-state index in [-0.39, 0.29) is 11.6 Å². The molecular formula is C5H7N3O2S. The van der Waals surface area contributed by atoms with Gasteiger partial charge in [0.25, 0.3) is 0 Å². The quantitative estimate of drug-likeness (QED) is 0.598. The second-order valence-corrected chi connectivity index (χ2v) is 4.26. The van der Waals surface area contributed by atoms with Gasteiger partial charge in [-0.25, -0.2) is 23.4 Å². The van der Waals surface area contributed by atoms with Crippen LogP contribution in [0.25, 0.3) is 0 Å². The summed E-state index contributed by atoms with van der Waals surface area (Å²) in [7, 11) is -3.03. The van der Waals surface area contributed by atoms with Gasteiger partial charge in [-0.1, -0.05) is 0 Å². The van der Waals surface area contributed by atoms with Crippen molar-refractivity contribution in [2.75, 3.05) is 6.26 Å². The molecule has 0 spiro atoms. The molecule has 0 atom stereocenters. The topological polar surface area (TPSA) is 72.8 Å². The van der Waals surface area contributed by atoms with E-state index in [1.165, 1.54) is 12.7 Å². The van der Waals surface area contributed by atoms with E-state index < -0.39 is 9.84 Å². The summed E-state index contributed by atoms with van der Waals surface area (Å²) in [5.41, 5.74) is 0. The first-order valence-corrected chi connectivity index (χ1v) is 4.92. The van der Waals surface area contributed by atoms with Gasteiger partial charge in [-0.15, -0.1) is 0 Å². The van der Waals surface area contributed by atoms with Crippen LogP contribution in [0.3, 0.4) is 0 Å². The highest BCUT2D eigenvalue weighted by Gasteiger charge is 2.05. The Hall–Kier alpha value is -1.04. The fourth-order valence-corrected chi connectivity index (χ4v) is 1.19. The Bertz CT molecular complexity index is 321. The van der Waals surface area contributed by atoms with Crippen molar-refractivity contribution < 1.29 is 8.42 Å². The van der Waals surface area contributed by atoms with Gasteiger partial charge >= 0.3 is 0 Å². The monoisotopic (exact) mass is 173 g/mol. The molecule has 0 aliphatic carbocycles. The molecule has 5 nitrogen and oxygen atoms in total. The summed E-state index contributed by atoms with van der Waals surface area (Å²) in [6.07, 6.45) is 3.68. The van der Waals surface area contributed by atoms with Crippen molar-refractivity contribution in [2.24, 2.45) is 0 Å². The summed E-state index contributed by atoms with van der Waals surface area (Å²) < 4.78 is 21.4. The molecule has 0 radical (unpaired) electrons. The number of sulfone groups is 1. The van der Waals surface area contributed by atoms with Crippen molar-refractivity contribution in [1.29, 1.82) is 0 Å². The van der Waals surface area contributed by atoms with Gasteiger partial charge in [0.1, 0.15) is 24.2 Å². The lowest BCUT2D eigenvalue weighted by Gasteiger charge is -1.93. The number of rotatable bonds is 2. The fraction of sp³-hybridized carbons (Fsp3) is 0.400. The summed E-state index contributed by atoms with van der Waals surface area (Å²) >= 11 is 0. The highest BCUT2D eigenvalue weighted by molar-refractivity contribution is 7.89. The van der Waals surface area contributed by atoms with Gasteiger partial charge in [-0.05, 0) is 0 Å². The Kier molecular flexibility index (Phi) is 2.13. The minimum absolute atomic E-state index is 0.129. The van der Waals surface area contributed by atoms with E-state index in [0.29, 0.717) is 0 Å². The predicted molar refractivity (Wildman–Crippen MR) is 38.4 cm³/mol. The van der Waals surface area contributed by atoms with Crippen LogP contribution in [-0.2, 0) is 15.6 Å². The first kappa shape index (κ1) is 8.06. The van der Waals surface area contributed by atoms with Crippen molar-refractivity contribution >= 4 is 9.84 Å². The van der Waals surface area contributed by atoms with Gasteiger partial charge in [0, 0.05) is 6.26 Å². The summed E-state index contributed by atoms with van der Waals surface area (Å²) in [6, 6.07) is 0. The van der Waals surface area contributed by atoms with Crippen molar-refractivity contribution in [3.8, 4) is 0 Å². The second kappa shape index (κ2) is 2.91. The van der Waals surface area contributed by atoms with Crippen LogP contribution < -0.4 is 0 Å². The van der Waals surface area contributed by atoms with Crippen LogP contribution in [0.2, 0.25) is 0 Å². The van der Waals surface area contributed by atoms with Gasteiger partial charge in [-0.3, -0.25) is 0 Å². The lowest BCUT2D eigenvalue weighted by Crippen LogP contribution is -2.04. The van der Waals surface area contributed by atoms with E-state index in [1.807, 2.05) is 0 Å². The predicted octanol–water partition coefficient (Wildman–Crippen LogP) is -0.584. The molecule has 1 aromatic heterocycles. The molecular weight excluding hydrogens is 166 g/mol. The minimum Gasteiger partial charge on any atom is -0.229 e. The van der Waals surface area contributed by atoms with Crippen molar-refractivity contribution in [1.82, 2.24) is 15.0 Å². The van der Waals surface area contributed by atoms with Gasteiger partial charge in [-0.2, -0.15) is 0 Å². The van der Waals surface area contributed by atoms with Gasteiger partial charge < -0.3 is 0 Å². The molecule has 0 bridgehead atoms. The maximum atomic E-state index is 10.7. The molecule has 0 aromatic carbocycles. The van der Waals surface area contributed by atoms with Gasteiger partial charge in [0.15, 0.2) is 9.84 Å². The lowest BCUT2D eigenvalue weighted by atomic mass is 10.7. The van der Waals surface area contributed by atoms with E-state index in [9.17, 15) is 8.42 Å². The second-order valence-electron chi connectivity index (χ2n) is 2.12. The molecule has 0 fully saturated rings. The number of nitrogens with zero attached hydrogens (tertiary/aromatic N) is 3. The summed E-state index contributed by atoms with van der Waals surface area (Å²) in [5, 5.41) is 0. The lowest BCUT2D eigenvalue weighted by molar-refractivity contribution is 0.599. The third-order valence-corrected chi connectivity index (χ3v) is 1.72. The smallest absolute Gasteiger partial charge is 0.154 e. The van der Waals surface area contributed by atoms with Crippen LogP contribution in [0.15, 0.2) is 12.7 Å². The molecule has 1 rings (SSSR count). The summed E-state index contributed by atoms with van der Waals surface area (Å²) in [4.78, 5) is 10.9. The Balaban J connectivity index is 2.82. The third kappa shape index (κ3) is 3.03. The van der Waals surface area contributed by atoms with E-state index in [1.54, 1.807) is 0 Å². The zero-order valence-corrected chi connectivity index (χ0v) is 6.74. The van der Waals surface area contributed by atoms with Crippen LogP contribution in [0, 0.1) is 0 Å². The van der Waals surface area contributed by atoms with Crippen molar-refractivity contribution in [3.05, 3.63) is 18.5 Å². The zero-order valence-electron chi connectivity index (χ0n) is 5.93. The summed E-state index contributed by atoms with van der Waals surface area (Å²) in [6.45, 7) is 0. The van der Waals surface area contributed by atoms with Gasteiger partial charge in [0.05, 0.1) is 0 Å². The number of hydrogen-bond acceptors (Lipinski definition) is 5. The molecule has 11 heavy (non-hydrogen) atoms. The van der Waals surface area contributed by atoms with E-state index >= 15 is 0 Å². The Labute approximate surface area is 64.4 Å². The zero-order chi connectivity index (χ0) is 8.32. The molecule has 0 unspecified atom stereocenters. The summed E-state index contributed by atoms with van der Waals surface area (Å²) in [5.74, 6) is 0.151. The van der Waals surface area contributed by atoms with Crippen LogP contribution in [0.1, 0.15) is 5.82 Å². The third-order valence-electron chi connectivity index (χ3n) is 0.938. The Morgan fingerprint density at radius 1 is 1.36 bits per heavy atom. The van der Waals surface area contributed by atoms with Crippen LogP contribution >= 0.6 is 0 Å². The number of aromatic nitrogens is 3. The first-order chi connectivity index (χ1) is 5.08. The first-order valence-electron chi connectivity index (χ1n) is 2.86. The fourth-order valence-electron chi connectivity index (χ4n) is 0.572. The Morgan fingerprint density at radius 3 is 2.36 bits per heavy atom. The molecule has 0 saturated heterocycles. The Morgan fingerprint density at radius 2 is 1.91 bits per heavy atom. The van der Waals surface area contributed by atoms with Crippen molar-refractivity contribution in [3.63, 3.8) is 0 Å². The molecule has 1 heterocycles. The maximum absolute atomic E-state index is 10.7. The van der Waals surface area contributed by atoms with Crippen LogP contribution in [0.5, 0.6) is 0 Å². The highest BCUT2D eigenvalue weighted by atomic mass is 32.2. The molecule has 0 saturated carbocycles. The normalized spacial score (nSPS) is 11.4. The minimum atomic E-state index is -3.03. The SMILES string of the molecule is CS(=O)(=O)Cc1ncncn1. The molecule has 6 heteroatoms. The van der Waals surface area contributed by atoms with Gasteiger partial charge in [0.2, 0.25) is 0 Å². The molecule has 0 aliphatic heterocycles. The maximum Gasteiger partial charge on any atom is 0.154 e. The molecule has 0 aliphatic rings. The molecule has 1 aromatic rings. The van der Waals surface area contributed by atoms with Crippen LogP contribution in [0.4, 0.5) is 0 Å². The van der Waals surface area contributed by atoms with E-state index in [2.05, 4.69) is 15.0 Å². The molecule has 0 N–H and O–H groups in total. The average molecular weight is 173 g/mol. The standard InChI is InChI=1S/C5H7N3O2S/c1-11(9,10)2-5-7-3-6-4-8-5/h3-4H,2H2,1H3. The highest BCUT2D eigenvalue weighted by Crippen LogP contribution is 1.93. The van der Waals surface area contributed by atoms with Crippen molar-refractivity contribution in [2.45, 2.75) is 5.75 Å². The van der Waals surface area contributed by atoms with E-state index in [4.69, 9.17) is 0 Å². The molecule has 60 valence electrons. The van der Waals surface area contributed by atoms with E-state index in [0.717, 1.165) is 6.26 Å². The largest absolute Gasteiger partial charge is 0.229 e. The average Bonchev–Trinajstić information content (AvgIpc) is 1.85.